The third kappa shape index (κ3) is 6.56. The number of hydrogen-bond acceptors (Lipinski definition) is 0. The normalized spacial score (nSPS) is 35.1. The lowest BCUT2D eigenvalue weighted by molar-refractivity contribution is 0.126. The summed E-state index contributed by atoms with van der Waals surface area (Å²) in [6.45, 7) is 27.3. The van der Waals surface area contributed by atoms with E-state index in [1.54, 1.807) is 12.0 Å². The lowest BCUT2D eigenvalue weighted by atomic mass is 9.66. The van der Waals surface area contributed by atoms with Gasteiger partial charge in [-0.3, -0.25) is 0 Å². The fraction of sp³-hybridized carbons (Fsp3) is 0.946. The quantitative estimate of drug-likeness (QED) is 0.151. The lowest BCUT2D eigenvalue weighted by Crippen LogP contribution is -2.33. The Labute approximate surface area is 234 Å². The van der Waals surface area contributed by atoms with Crippen molar-refractivity contribution in [3.8, 4) is 0 Å². The highest BCUT2D eigenvalue weighted by Crippen LogP contribution is 3.04. The van der Waals surface area contributed by atoms with Gasteiger partial charge in [0.1, 0.15) is 0 Å². The number of allylic oxidation sites excluding steroid dienone is 2. The summed E-state index contributed by atoms with van der Waals surface area (Å²) in [6.07, 6.45) is 19.7. The monoisotopic (exact) mass is 513 g/mol. The van der Waals surface area contributed by atoms with Crippen LogP contribution >= 0.6 is 0 Å². The molecule has 0 aliphatic heterocycles. The summed E-state index contributed by atoms with van der Waals surface area (Å²) in [5.74, 6) is 9.16. The van der Waals surface area contributed by atoms with Gasteiger partial charge in [-0.2, -0.15) is 0 Å². The smallest absolute Gasteiger partial charge is 0.0162 e. The van der Waals surface area contributed by atoms with Crippen LogP contribution in [0.4, 0.5) is 0 Å². The van der Waals surface area contributed by atoms with Crippen LogP contribution in [-0.4, -0.2) is 0 Å². The van der Waals surface area contributed by atoms with E-state index in [1.807, 2.05) is 0 Å². The van der Waals surface area contributed by atoms with Crippen LogP contribution in [0.15, 0.2) is 11.6 Å². The van der Waals surface area contributed by atoms with E-state index in [2.05, 4.69) is 82.2 Å². The highest BCUT2D eigenvalue weighted by molar-refractivity contribution is 5.48. The molecule has 3 fully saturated rings. The molecule has 0 aromatic carbocycles. The van der Waals surface area contributed by atoms with Crippen molar-refractivity contribution in [1.82, 2.24) is 0 Å². The Morgan fingerprint density at radius 3 is 1.89 bits per heavy atom. The molecule has 0 amide bonds. The van der Waals surface area contributed by atoms with Crippen LogP contribution in [0.25, 0.3) is 0 Å². The topological polar surface area (TPSA) is 0 Å². The van der Waals surface area contributed by atoms with Gasteiger partial charge in [0.15, 0.2) is 0 Å². The molecule has 0 heteroatoms. The number of hydrogen-bond donors (Lipinski definition) is 0. The molecule has 0 radical (unpaired) electrons. The van der Waals surface area contributed by atoms with Gasteiger partial charge in [0.05, 0.1) is 0 Å². The summed E-state index contributed by atoms with van der Waals surface area (Å²) in [7, 11) is 0. The molecule has 3 saturated carbocycles. The van der Waals surface area contributed by atoms with Crippen LogP contribution in [-0.2, 0) is 0 Å². The van der Waals surface area contributed by atoms with Gasteiger partial charge in [-0.1, -0.05) is 119 Å². The van der Waals surface area contributed by atoms with Gasteiger partial charge in [-0.25, -0.2) is 0 Å². The van der Waals surface area contributed by atoms with Crippen molar-refractivity contribution in [2.24, 2.45) is 70.0 Å². The molecular weight excluding hydrogens is 444 g/mol. The van der Waals surface area contributed by atoms with E-state index in [1.165, 1.54) is 70.6 Å². The lowest BCUT2D eigenvalue weighted by Gasteiger charge is -2.38. The van der Waals surface area contributed by atoms with Gasteiger partial charge >= 0.3 is 0 Å². The third-order valence-corrected chi connectivity index (χ3v) is 13.0. The van der Waals surface area contributed by atoms with E-state index in [-0.39, 0.29) is 0 Å². The first-order chi connectivity index (χ1) is 17.4. The molecule has 3 aliphatic carbocycles. The summed E-state index contributed by atoms with van der Waals surface area (Å²) < 4.78 is 0. The molecule has 0 heterocycles. The molecule has 11 atom stereocenters. The minimum atomic E-state index is 0.808. The summed E-state index contributed by atoms with van der Waals surface area (Å²) in [5.41, 5.74) is 3.34. The predicted molar refractivity (Wildman–Crippen MR) is 166 cm³/mol. The molecule has 0 aromatic heterocycles. The highest BCUT2D eigenvalue weighted by atomic mass is 15.0. The highest BCUT2D eigenvalue weighted by Gasteiger charge is 3.00. The standard InChI is InChI=1S/C37H68/c1-12-26(4)19-21-34(25(2)3)22-20-27(5)15-13-16-28(6)23-29(7)17-14-18-30(8)31(9)35-32(10)36-24-37(35,36)33(36)11/h18,25-29,31-35H,12-17,19-24H2,1-11H3. The summed E-state index contributed by atoms with van der Waals surface area (Å²) in [6, 6.07) is 0. The summed E-state index contributed by atoms with van der Waals surface area (Å²) >= 11 is 0. The fourth-order valence-corrected chi connectivity index (χ4v) is 9.70. The minimum Gasteiger partial charge on any atom is -0.0853 e. The molecule has 3 aliphatic rings. The van der Waals surface area contributed by atoms with Crippen LogP contribution in [0, 0.1) is 70.0 Å². The Morgan fingerprint density at radius 2 is 1.35 bits per heavy atom. The van der Waals surface area contributed by atoms with Gasteiger partial charge in [0.2, 0.25) is 0 Å². The van der Waals surface area contributed by atoms with Gasteiger partial charge in [0.25, 0.3) is 0 Å². The maximum atomic E-state index is 2.62. The van der Waals surface area contributed by atoms with Crippen LogP contribution in [0.2, 0.25) is 0 Å². The van der Waals surface area contributed by atoms with Gasteiger partial charge in [0, 0.05) is 0 Å². The number of rotatable bonds is 19. The first kappa shape index (κ1) is 31.3. The Balaban J connectivity index is 1.25. The molecule has 37 heavy (non-hydrogen) atoms. The fourth-order valence-electron chi connectivity index (χ4n) is 9.70. The first-order valence-electron chi connectivity index (χ1n) is 17.1. The molecule has 0 nitrogen and oxygen atoms in total. The average Bonchev–Trinajstić information content (AvgIpc) is 3.62. The van der Waals surface area contributed by atoms with Crippen molar-refractivity contribution in [2.45, 2.75) is 153 Å². The van der Waals surface area contributed by atoms with Crippen molar-refractivity contribution in [1.29, 1.82) is 0 Å². The van der Waals surface area contributed by atoms with E-state index < -0.39 is 0 Å². The largest absolute Gasteiger partial charge is 0.0853 e. The Morgan fingerprint density at radius 1 is 0.757 bits per heavy atom. The maximum absolute atomic E-state index is 2.62. The van der Waals surface area contributed by atoms with E-state index in [0.29, 0.717) is 0 Å². The second-order valence-electron chi connectivity index (χ2n) is 15.8. The van der Waals surface area contributed by atoms with Crippen LogP contribution in [0.1, 0.15) is 153 Å². The van der Waals surface area contributed by atoms with Crippen LogP contribution < -0.4 is 0 Å². The molecule has 11 unspecified atom stereocenters. The first-order valence-corrected chi connectivity index (χ1v) is 17.1. The molecule has 0 saturated heterocycles. The molecular formula is C37H68. The molecule has 216 valence electrons. The van der Waals surface area contributed by atoms with Crippen molar-refractivity contribution >= 4 is 0 Å². The van der Waals surface area contributed by atoms with Crippen molar-refractivity contribution in [2.75, 3.05) is 0 Å². The molecule has 0 N–H and O–H groups in total. The zero-order chi connectivity index (χ0) is 27.5. The summed E-state index contributed by atoms with van der Waals surface area (Å²) in [5, 5.41) is 0. The van der Waals surface area contributed by atoms with E-state index >= 15 is 0 Å². The molecule has 3 rings (SSSR count). The SMILES string of the molecule is CCC(C)CCC(CCC(C)CCCC(C)CC(C)CCC=C(C)C(C)C1C(C)C23CC12C3C)C(C)C. The Kier molecular flexibility index (Phi) is 10.9. The zero-order valence-electron chi connectivity index (χ0n) is 27.3. The van der Waals surface area contributed by atoms with Crippen molar-refractivity contribution in [3.05, 3.63) is 11.6 Å². The minimum absolute atomic E-state index is 0.808. The molecule has 0 aromatic rings. The van der Waals surface area contributed by atoms with Gasteiger partial charge in [-0.05, 0) is 115 Å². The van der Waals surface area contributed by atoms with Crippen molar-refractivity contribution in [3.63, 3.8) is 0 Å². The summed E-state index contributed by atoms with van der Waals surface area (Å²) in [4.78, 5) is 0. The molecule has 0 bridgehead atoms. The van der Waals surface area contributed by atoms with Gasteiger partial charge < -0.3 is 0 Å². The Hall–Kier alpha value is -0.260. The third-order valence-electron chi connectivity index (χ3n) is 13.0. The maximum Gasteiger partial charge on any atom is -0.0162 e. The van der Waals surface area contributed by atoms with Crippen LogP contribution in [0.5, 0.6) is 0 Å². The Bertz CT molecular complexity index is 730. The van der Waals surface area contributed by atoms with E-state index in [0.717, 1.165) is 70.0 Å². The van der Waals surface area contributed by atoms with E-state index in [4.69, 9.17) is 0 Å². The second kappa shape index (κ2) is 12.9. The average molecular weight is 513 g/mol. The van der Waals surface area contributed by atoms with Gasteiger partial charge in [-0.15, -0.1) is 0 Å². The zero-order valence-corrected chi connectivity index (χ0v) is 27.3. The molecule has 0 spiro atoms. The second-order valence-corrected chi connectivity index (χ2v) is 15.8. The van der Waals surface area contributed by atoms with Crippen LogP contribution in [0.3, 0.4) is 0 Å². The van der Waals surface area contributed by atoms with Crippen molar-refractivity contribution < 1.29 is 0 Å². The van der Waals surface area contributed by atoms with E-state index in [9.17, 15) is 0 Å². The predicted octanol–water partition coefficient (Wildman–Crippen LogP) is 12.0.